The number of methoxy groups -OCH3 is 1. The van der Waals surface area contributed by atoms with Crippen LogP contribution in [0.1, 0.15) is 25.7 Å². The van der Waals surface area contributed by atoms with Gasteiger partial charge in [0, 0.05) is 31.6 Å². The van der Waals surface area contributed by atoms with E-state index in [0.29, 0.717) is 34.1 Å². The predicted molar refractivity (Wildman–Crippen MR) is 137 cm³/mol. The lowest BCUT2D eigenvalue weighted by atomic mass is 9.81. The number of hydrogen-bond acceptors (Lipinski definition) is 7. The Labute approximate surface area is 214 Å². The van der Waals surface area contributed by atoms with Gasteiger partial charge in [0.2, 0.25) is 5.91 Å². The first-order valence-electron chi connectivity index (χ1n) is 12.1. The SMILES string of the molecule is COc1cc2ncnc(Nc3cccc(Cl)c3F)c2cc1OC1CCC([C@@H]2NCCN(C)C2=O)CC1. The molecule has 2 aliphatic rings. The molecule has 0 bridgehead atoms. The number of anilines is 2. The van der Waals surface area contributed by atoms with Gasteiger partial charge in [-0.2, -0.15) is 0 Å². The van der Waals surface area contributed by atoms with E-state index in [-0.39, 0.29) is 28.8 Å². The first-order chi connectivity index (χ1) is 17.4. The van der Waals surface area contributed by atoms with Gasteiger partial charge >= 0.3 is 0 Å². The third-order valence-corrected chi connectivity index (χ3v) is 7.35. The van der Waals surface area contributed by atoms with Gasteiger partial charge in [0.05, 0.1) is 35.5 Å². The molecule has 1 saturated heterocycles. The van der Waals surface area contributed by atoms with Crippen molar-refractivity contribution in [2.75, 3.05) is 32.6 Å². The highest BCUT2D eigenvalue weighted by Gasteiger charge is 2.36. The van der Waals surface area contributed by atoms with Gasteiger partial charge in [-0.15, -0.1) is 0 Å². The van der Waals surface area contributed by atoms with Crippen molar-refractivity contribution in [3.8, 4) is 11.5 Å². The van der Waals surface area contributed by atoms with Gasteiger partial charge in [-0.1, -0.05) is 17.7 Å². The minimum absolute atomic E-state index is 0.00423. The van der Waals surface area contributed by atoms with Crippen LogP contribution in [-0.4, -0.2) is 60.2 Å². The van der Waals surface area contributed by atoms with E-state index < -0.39 is 5.82 Å². The molecule has 0 spiro atoms. The topological polar surface area (TPSA) is 88.6 Å². The monoisotopic (exact) mass is 513 g/mol. The summed E-state index contributed by atoms with van der Waals surface area (Å²) >= 11 is 5.94. The second-order valence-electron chi connectivity index (χ2n) is 9.32. The van der Waals surface area contributed by atoms with E-state index in [0.717, 1.165) is 38.8 Å². The Hall–Kier alpha value is -3.17. The summed E-state index contributed by atoms with van der Waals surface area (Å²) in [7, 11) is 3.45. The first kappa shape index (κ1) is 24.5. The number of ether oxygens (including phenoxy) is 2. The molecular formula is C26H29ClFN5O3. The quantitative estimate of drug-likeness (QED) is 0.500. The van der Waals surface area contributed by atoms with Crippen LogP contribution in [0.3, 0.4) is 0 Å². The van der Waals surface area contributed by atoms with Gasteiger partial charge < -0.3 is 25.0 Å². The maximum atomic E-state index is 14.5. The van der Waals surface area contributed by atoms with Crippen LogP contribution in [0.2, 0.25) is 5.02 Å². The summed E-state index contributed by atoms with van der Waals surface area (Å²) in [5, 5.41) is 7.11. The maximum Gasteiger partial charge on any atom is 0.239 e. The first-order valence-corrected chi connectivity index (χ1v) is 12.5. The van der Waals surface area contributed by atoms with Crippen molar-refractivity contribution in [1.29, 1.82) is 0 Å². The minimum atomic E-state index is -0.551. The average molecular weight is 514 g/mol. The number of halogens is 2. The van der Waals surface area contributed by atoms with E-state index in [9.17, 15) is 9.18 Å². The number of carbonyl (C=O) groups excluding carboxylic acids is 1. The molecule has 1 aromatic heterocycles. The molecular weight excluding hydrogens is 485 g/mol. The molecule has 10 heteroatoms. The molecule has 2 heterocycles. The molecule has 2 aromatic carbocycles. The molecule has 1 saturated carbocycles. The number of nitrogens with zero attached hydrogens (tertiary/aromatic N) is 3. The van der Waals surface area contributed by atoms with E-state index in [1.165, 1.54) is 12.4 Å². The van der Waals surface area contributed by atoms with E-state index >= 15 is 0 Å². The summed E-state index contributed by atoms with van der Waals surface area (Å²) in [6, 6.07) is 8.25. The van der Waals surface area contributed by atoms with E-state index in [2.05, 4.69) is 20.6 Å². The van der Waals surface area contributed by atoms with Crippen LogP contribution in [0.5, 0.6) is 11.5 Å². The van der Waals surface area contributed by atoms with Crippen LogP contribution in [0.25, 0.3) is 10.9 Å². The molecule has 2 N–H and O–H groups in total. The van der Waals surface area contributed by atoms with Crippen LogP contribution >= 0.6 is 11.6 Å². The van der Waals surface area contributed by atoms with Crippen LogP contribution in [0.15, 0.2) is 36.7 Å². The Kier molecular flexibility index (Phi) is 7.11. The number of carbonyl (C=O) groups is 1. The van der Waals surface area contributed by atoms with Gasteiger partial charge in [0.1, 0.15) is 12.1 Å². The van der Waals surface area contributed by atoms with E-state index in [4.69, 9.17) is 21.1 Å². The van der Waals surface area contributed by atoms with E-state index in [1.54, 1.807) is 25.3 Å². The Morgan fingerprint density at radius 3 is 2.75 bits per heavy atom. The van der Waals surface area contributed by atoms with Crippen molar-refractivity contribution < 1.29 is 18.7 Å². The molecule has 3 aromatic rings. The molecule has 0 unspecified atom stereocenters. The highest BCUT2D eigenvalue weighted by atomic mass is 35.5. The molecule has 0 radical (unpaired) electrons. The molecule has 1 amide bonds. The molecule has 1 aliphatic carbocycles. The zero-order chi connectivity index (χ0) is 25.2. The fourth-order valence-electron chi connectivity index (χ4n) is 5.05. The molecule has 1 aliphatic heterocycles. The third-order valence-electron chi connectivity index (χ3n) is 7.06. The highest BCUT2D eigenvalue weighted by molar-refractivity contribution is 6.31. The lowest BCUT2D eigenvalue weighted by molar-refractivity contribution is -0.136. The molecule has 5 rings (SSSR count). The zero-order valence-corrected chi connectivity index (χ0v) is 21.0. The fourth-order valence-corrected chi connectivity index (χ4v) is 5.23. The summed E-state index contributed by atoms with van der Waals surface area (Å²) < 4.78 is 26.5. The molecule has 190 valence electrons. The number of amides is 1. The van der Waals surface area contributed by atoms with Crippen LogP contribution in [-0.2, 0) is 4.79 Å². The average Bonchev–Trinajstić information content (AvgIpc) is 2.89. The van der Waals surface area contributed by atoms with Crippen molar-refractivity contribution in [2.24, 2.45) is 5.92 Å². The van der Waals surface area contributed by atoms with Crippen molar-refractivity contribution >= 4 is 39.9 Å². The maximum absolute atomic E-state index is 14.5. The second kappa shape index (κ2) is 10.4. The fraction of sp³-hybridized carbons (Fsp3) is 0.423. The zero-order valence-electron chi connectivity index (χ0n) is 20.3. The van der Waals surface area contributed by atoms with Crippen molar-refractivity contribution in [1.82, 2.24) is 20.2 Å². The number of hydrogen-bond donors (Lipinski definition) is 2. The molecule has 8 nitrogen and oxygen atoms in total. The Balaban J connectivity index is 1.34. The number of likely N-dealkylation sites (N-methyl/N-ethyl adjacent to an activating group) is 1. The molecule has 1 atom stereocenters. The highest BCUT2D eigenvalue weighted by Crippen LogP contribution is 2.38. The van der Waals surface area contributed by atoms with Gasteiger partial charge in [-0.05, 0) is 49.8 Å². The Morgan fingerprint density at radius 2 is 1.97 bits per heavy atom. The van der Waals surface area contributed by atoms with Crippen molar-refractivity contribution in [3.05, 3.63) is 47.5 Å². The van der Waals surface area contributed by atoms with Crippen LogP contribution < -0.4 is 20.1 Å². The number of rotatable bonds is 6. The summed E-state index contributed by atoms with van der Waals surface area (Å²) in [6.07, 6.45) is 4.89. The lowest BCUT2D eigenvalue weighted by Gasteiger charge is -2.38. The minimum Gasteiger partial charge on any atom is -0.493 e. The number of nitrogens with one attached hydrogen (secondary N) is 2. The van der Waals surface area contributed by atoms with Crippen molar-refractivity contribution in [2.45, 2.75) is 37.8 Å². The Morgan fingerprint density at radius 1 is 1.17 bits per heavy atom. The van der Waals surface area contributed by atoms with E-state index in [1.807, 2.05) is 18.0 Å². The van der Waals surface area contributed by atoms with Gasteiger partial charge in [0.15, 0.2) is 17.3 Å². The number of piperazine rings is 1. The number of benzene rings is 2. The largest absolute Gasteiger partial charge is 0.493 e. The standard InChI is InChI=1S/C26H29ClFN5O3/c1-33-11-10-29-24(26(33)34)15-6-8-16(9-7-15)36-22-12-17-20(13-21(22)35-2)30-14-31-25(17)32-19-5-3-4-18(27)23(19)28/h3-5,12-16,24,29H,6-11H2,1-2H3,(H,30,31,32)/t15?,16?,24-/m0/s1. The third kappa shape index (κ3) is 4.90. The Bertz CT molecular complexity index is 1270. The normalized spacial score (nSPS) is 22.5. The summed E-state index contributed by atoms with van der Waals surface area (Å²) in [5.41, 5.74) is 0.851. The van der Waals surface area contributed by atoms with Crippen molar-refractivity contribution in [3.63, 3.8) is 0 Å². The van der Waals surface area contributed by atoms with Crippen LogP contribution in [0.4, 0.5) is 15.9 Å². The number of aromatic nitrogens is 2. The molecule has 36 heavy (non-hydrogen) atoms. The predicted octanol–water partition coefficient (Wildman–Crippen LogP) is 4.54. The lowest BCUT2D eigenvalue weighted by Crippen LogP contribution is -2.57. The second-order valence-corrected chi connectivity index (χ2v) is 9.72. The van der Waals surface area contributed by atoms with Crippen LogP contribution in [0, 0.1) is 11.7 Å². The van der Waals surface area contributed by atoms with Gasteiger partial charge in [-0.25, -0.2) is 14.4 Å². The molecule has 2 fully saturated rings. The van der Waals surface area contributed by atoms with Gasteiger partial charge in [0.25, 0.3) is 0 Å². The summed E-state index contributed by atoms with van der Waals surface area (Å²) in [5.74, 6) is 1.50. The smallest absolute Gasteiger partial charge is 0.239 e. The number of fused-ring (bicyclic) bond motifs is 1. The summed E-state index contributed by atoms with van der Waals surface area (Å²) in [6.45, 7) is 1.58. The summed E-state index contributed by atoms with van der Waals surface area (Å²) in [4.78, 5) is 23.1. The van der Waals surface area contributed by atoms with Gasteiger partial charge in [-0.3, -0.25) is 4.79 Å².